The minimum Gasteiger partial charge on any atom is -0.360 e. The highest BCUT2D eigenvalue weighted by atomic mass is 32.2. The lowest BCUT2D eigenvalue weighted by atomic mass is 10.1. The van der Waals surface area contributed by atoms with Crippen LogP contribution in [0.1, 0.15) is 51.0 Å². The van der Waals surface area contributed by atoms with Gasteiger partial charge in [-0.15, -0.1) is 10.2 Å². The van der Waals surface area contributed by atoms with Crippen LogP contribution in [0.4, 0.5) is 14.5 Å². The van der Waals surface area contributed by atoms with Crippen molar-refractivity contribution in [3.05, 3.63) is 17.1 Å². The minimum absolute atomic E-state index is 0.0326. The summed E-state index contributed by atoms with van der Waals surface area (Å²) in [7, 11) is -2.41. The second-order valence-corrected chi connectivity index (χ2v) is 13.7. The van der Waals surface area contributed by atoms with Crippen molar-refractivity contribution in [1.29, 1.82) is 5.26 Å². The molecule has 3 aromatic rings. The van der Waals surface area contributed by atoms with Gasteiger partial charge < -0.3 is 9.80 Å². The van der Waals surface area contributed by atoms with Gasteiger partial charge in [-0.3, -0.25) is 9.48 Å². The van der Waals surface area contributed by atoms with Crippen LogP contribution in [0.15, 0.2) is 17.0 Å². The summed E-state index contributed by atoms with van der Waals surface area (Å²) in [6, 6.07) is 5.05. The molecule has 1 aromatic carbocycles. The normalized spacial score (nSPS) is 21.9. The molecule has 0 radical (unpaired) electrons. The maximum absolute atomic E-state index is 13.6. The number of carbonyl (C=O) groups excluding carboxylic acids is 1. The van der Waals surface area contributed by atoms with E-state index in [9.17, 15) is 27.3 Å². The molecule has 3 aliphatic rings. The Kier molecular flexibility index (Phi) is 6.35. The number of fused-ring (bicyclic) bond motifs is 3. The van der Waals surface area contributed by atoms with E-state index in [2.05, 4.69) is 31.0 Å². The minimum atomic E-state index is -4.12. The van der Waals surface area contributed by atoms with E-state index in [-0.39, 0.29) is 39.5 Å². The molecule has 2 atom stereocenters. The van der Waals surface area contributed by atoms with Crippen molar-refractivity contribution in [3.63, 3.8) is 0 Å². The Labute approximate surface area is 233 Å². The Morgan fingerprint density at radius 3 is 2.42 bits per heavy atom. The number of hydrogen-bond acceptors (Lipinski definition) is 9. The first-order valence-corrected chi connectivity index (χ1v) is 15.4. The number of halogens is 2. The quantitative estimate of drug-likeness (QED) is 0.443. The molecule has 1 N–H and O–H groups in total. The molecule has 11 nitrogen and oxygen atoms in total. The Morgan fingerprint density at radius 2 is 1.88 bits per heavy atom. The van der Waals surface area contributed by atoms with E-state index in [0.29, 0.717) is 53.9 Å². The fourth-order valence-corrected chi connectivity index (χ4v) is 7.94. The summed E-state index contributed by atoms with van der Waals surface area (Å²) in [6.45, 7) is 4.78. The van der Waals surface area contributed by atoms with Crippen LogP contribution in [0.2, 0.25) is 0 Å². The predicted octanol–water partition coefficient (Wildman–Crippen LogP) is 3.20. The van der Waals surface area contributed by atoms with Crippen LogP contribution in [0, 0.1) is 17.2 Å². The Morgan fingerprint density at radius 1 is 1.20 bits per heavy atom. The highest BCUT2D eigenvalue weighted by Gasteiger charge is 2.47. The highest BCUT2D eigenvalue weighted by molar-refractivity contribution is 7.89. The van der Waals surface area contributed by atoms with Gasteiger partial charge in [-0.2, -0.15) is 15.1 Å². The van der Waals surface area contributed by atoms with Crippen molar-refractivity contribution >= 4 is 43.9 Å². The van der Waals surface area contributed by atoms with E-state index < -0.39 is 27.0 Å². The van der Waals surface area contributed by atoms with Gasteiger partial charge >= 0.3 is 0 Å². The lowest BCUT2D eigenvalue weighted by molar-refractivity contribution is -0.135. The third kappa shape index (κ3) is 4.42. The second kappa shape index (κ2) is 9.42. The number of amides is 1. The van der Waals surface area contributed by atoms with Gasteiger partial charge in [0.15, 0.2) is 10.0 Å². The molecular weight excluding hydrogens is 562 g/mol. The number of hydrogen-bond donors (Lipinski definition) is 1. The number of piperazine rings is 1. The Hall–Kier alpha value is -3.22. The van der Waals surface area contributed by atoms with Crippen LogP contribution in [0.25, 0.3) is 21.6 Å². The lowest BCUT2D eigenvalue weighted by Gasteiger charge is -2.43. The zero-order valence-corrected chi connectivity index (χ0v) is 23.8. The van der Waals surface area contributed by atoms with Crippen molar-refractivity contribution in [1.82, 2.24) is 29.6 Å². The van der Waals surface area contributed by atoms with Crippen LogP contribution in [0.3, 0.4) is 0 Å². The molecule has 2 aliphatic heterocycles. The first-order chi connectivity index (χ1) is 18.9. The number of likely N-dealkylation sites (tertiary alicyclic amines) is 1. The fourth-order valence-electron chi connectivity index (χ4n) is 5.82. The van der Waals surface area contributed by atoms with Gasteiger partial charge in [-0.25, -0.2) is 17.2 Å². The number of nitrogens with zero attached hydrogens (tertiary/aromatic N) is 7. The lowest BCUT2D eigenvalue weighted by Crippen LogP contribution is -2.56. The predicted molar refractivity (Wildman–Crippen MR) is 143 cm³/mol. The SMILES string of the molecule is CC(C)C(=O)N1CC2CCC(C1)N2c1cc(S(=O)(=O)NC2(C#N)CC2)cc2c(-c3nnc(C(F)F)s3)nn(C)c12. The van der Waals surface area contributed by atoms with Gasteiger partial charge in [-0.1, -0.05) is 25.2 Å². The molecule has 40 heavy (non-hydrogen) atoms. The molecule has 212 valence electrons. The molecule has 15 heteroatoms. The number of nitriles is 1. The van der Waals surface area contributed by atoms with Gasteiger partial charge in [0.25, 0.3) is 6.43 Å². The number of aryl methyl sites for hydroxylation is 1. The maximum atomic E-state index is 13.6. The highest BCUT2D eigenvalue weighted by Crippen LogP contribution is 2.44. The molecule has 0 spiro atoms. The smallest absolute Gasteiger partial charge is 0.291 e. The third-order valence-electron chi connectivity index (χ3n) is 7.89. The Bertz CT molecular complexity index is 1640. The average molecular weight is 591 g/mol. The average Bonchev–Trinajstić information content (AvgIpc) is 3.22. The van der Waals surface area contributed by atoms with Crippen LogP contribution in [-0.2, 0) is 21.9 Å². The molecular formula is C25H28F2N8O3S2. The summed E-state index contributed by atoms with van der Waals surface area (Å²) >= 11 is 0.706. The molecule has 2 bridgehead atoms. The zero-order valence-electron chi connectivity index (χ0n) is 22.1. The number of aromatic nitrogens is 4. The van der Waals surface area contributed by atoms with Gasteiger partial charge in [0, 0.05) is 43.5 Å². The molecule has 2 aromatic heterocycles. The van der Waals surface area contributed by atoms with Gasteiger partial charge in [0.2, 0.25) is 15.9 Å². The first kappa shape index (κ1) is 27.0. The number of rotatable bonds is 7. The summed E-state index contributed by atoms with van der Waals surface area (Å²) < 4.78 is 57.9. The summed E-state index contributed by atoms with van der Waals surface area (Å²) in [5.74, 6) is -0.0425. The topological polar surface area (TPSA) is 137 Å². The first-order valence-electron chi connectivity index (χ1n) is 13.1. The number of sulfonamides is 1. The molecule has 4 heterocycles. The van der Waals surface area contributed by atoms with E-state index in [1.54, 1.807) is 17.8 Å². The fraction of sp³-hybridized carbons (Fsp3) is 0.560. The summed E-state index contributed by atoms with van der Waals surface area (Å²) in [5, 5.41) is 21.7. The largest absolute Gasteiger partial charge is 0.360 e. The summed E-state index contributed by atoms with van der Waals surface area (Å²) in [4.78, 5) is 16.8. The van der Waals surface area contributed by atoms with E-state index in [1.807, 2.05) is 18.7 Å². The molecule has 1 amide bonds. The number of benzene rings is 1. The molecule has 2 unspecified atom stereocenters. The van der Waals surface area contributed by atoms with Crippen molar-refractivity contribution in [2.24, 2.45) is 13.0 Å². The number of anilines is 1. The van der Waals surface area contributed by atoms with E-state index in [1.165, 1.54) is 6.07 Å². The van der Waals surface area contributed by atoms with Gasteiger partial charge in [0.05, 0.1) is 22.2 Å². The van der Waals surface area contributed by atoms with E-state index in [0.717, 1.165) is 12.8 Å². The summed E-state index contributed by atoms with van der Waals surface area (Å²) in [5.41, 5.74) is 0.384. The van der Waals surface area contributed by atoms with Gasteiger partial charge in [-0.05, 0) is 37.8 Å². The Balaban J connectivity index is 1.51. The van der Waals surface area contributed by atoms with Crippen molar-refractivity contribution in [2.45, 2.75) is 68.5 Å². The van der Waals surface area contributed by atoms with Crippen LogP contribution >= 0.6 is 11.3 Å². The van der Waals surface area contributed by atoms with Crippen LogP contribution in [0.5, 0.6) is 0 Å². The maximum Gasteiger partial charge on any atom is 0.291 e. The third-order valence-corrected chi connectivity index (χ3v) is 10.3. The second-order valence-electron chi connectivity index (χ2n) is 11.0. The standard InChI is InChI=1S/C25H28F2N8O3S2/c1-13(2)24(36)34-10-14-4-5-15(11-34)35(14)18-9-16(40(37,38)32-25(12-28)6-7-25)8-17-19(31-33(3)20(17)18)22-29-30-23(39-22)21(26)27/h8-9,13-15,21,32H,4-7,10-11H2,1-3H3. The zero-order chi connectivity index (χ0) is 28.6. The number of carbonyl (C=O) groups is 1. The monoisotopic (exact) mass is 590 g/mol. The van der Waals surface area contributed by atoms with Crippen molar-refractivity contribution in [3.8, 4) is 16.8 Å². The van der Waals surface area contributed by atoms with Gasteiger partial charge in [0.1, 0.15) is 11.2 Å². The number of nitrogens with one attached hydrogen (secondary N) is 1. The molecule has 1 aliphatic carbocycles. The molecule has 3 fully saturated rings. The van der Waals surface area contributed by atoms with Crippen LogP contribution in [-0.4, -0.2) is 69.9 Å². The van der Waals surface area contributed by atoms with E-state index >= 15 is 0 Å². The summed E-state index contributed by atoms with van der Waals surface area (Å²) in [6.07, 6.45) is -0.280. The van der Waals surface area contributed by atoms with Crippen molar-refractivity contribution in [2.75, 3.05) is 18.0 Å². The molecule has 2 saturated heterocycles. The number of alkyl halides is 2. The van der Waals surface area contributed by atoms with E-state index in [4.69, 9.17) is 0 Å². The van der Waals surface area contributed by atoms with Crippen LogP contribution < -0.4 is 9.62 Å². The molecule has 1 saturated carbocycles. The van der Waals surface area contributed by atoms with Crippen molar-refractivity contribution < 1.29 is 22.0 Å². The molecule has 6 rings (SSSR count).